The normalized spacial score (nSPS) is 14.3. The van der Waals surface area contributed by atoms with E-state index in [4.69, 9.17) is 5.73 Å². The van der Waals surface area contributed by atoms with Gasteiger partial charge in [-0.05, 0) is 19.4 Å². The Morgan fingerprint density at radius 2 is 1.90 bits per heavy atom. The minimum Gasteiger partial charge on any atom is -0.358 e. The maximum absolute atomic E-state index is 12.1. The average molecular weight is 304 g/mol. The maximum Gasteiger partial charge on any atom is 0.332 e. The maximum atomic E-state index is 12.1. The van der Waals surface area contributed by atoms with Crippen molar-refractivity contribution in [1.29, 1.82) is 0 Å². The number of anilines is 1. The zero-order chi connectivity index (χ0) is 14.0. The highest BCUT2D eigenvalue weighted by Crippen LogP contribution is 2.16. The molecule has 2 rings (SSSR count). The number of unbranched alkanes of at least 4 members (excludes halogenated alkanes) is 1. The number of hydrogen-bond acceptors (Lipinski definition) is 5. The molecule has 2 heterocycles. The monoisotopic (exact) mass is 303 g/mol. The molecule has 1 aliphatic heterocycles. The Balaban J connectivity index is 0.00000200. The van der Waals surface area contributed by atoms with Gasteiger partial charge >= 0.3 is 5.69 Å². The lowest BCUT2D eigenvalue weighted by atomic mass is 10.2. The zero-order valence-electron chi connectivity index (χ0n) is 11.9. The van der Waals surface area contributed by atoms with Gasteiger partial charge < -0.3 is 11.1 Å². The van der Waals surface area contributed by atoms with Crippen LogP contribution in [0.3, 0.4) is 0 Å². The molecule has 0 spiro atoms. The molecule has 0 saturated carbocycles. The topological polar surface area (TPSA) is 85.3 Å². The van der Waals surface area contributed by atoms with Crippen molar-refractivity contribution < 1.29 is 0 Å². The Morgan fingerprint density at radius 1 is 1.20 bits per heavy atom. The van der Waals surface area contributed by atoms with E-state index >= 15 is 0 Å². The molecule has 0 unspecified atom stereocenters. The van der Waals surface area contributed by atoms with Crippen molar-refractivity contribution in [3.8, 4) is 0 Å². The van der Waals surface area contributed by atoms with E-state index in [0.717, 1.165) is 24.0 Å². The molecule has 0 amide bonds. The van der Waals surface area contributed by atoms with Crippen LogP contribution in [0.4, 0.5) is 5.82 Å². The lowest BCUT2D eigenvalue weighted by Gasteiger charge is -2.30. The molecule has 0 saturated heterocycles. The Hall–Kier alpha value is -1.31. The average Bonchev–Trinajstić information content (AvgIpc) is 2.43. The highest BCUT2D eigenvalue weighted by Gasteiger charge is 2.22. The van der Waals surface area contributed by atoms with Gasteiger partial charge in [0.05, 0.1) is 12.2 Å². The molecule has 0 aromatic carbocycles. The van der Waals surface area contributed by atoms with Crippen LogP contribution in [-0.2, 0) is 20.6 Å². The van der Waals surface area contributed by atoms with Crippen LogP contribution in [0, 0.1) is 0 Å². The lowest BCUT2D eigenvalue weighted by molar-refractivity contribution is 0.265. The van der Waals surface area contributed by atoms with Gasteiger partial charge in [-0.15, -0.1) is 12.4 Å². The van der Waals surface area contributed by atoms with Crippen molar-refractivity contribution in [2.45, 2.75) is 19.4 Å². The first kappa shape index (κ1) is 16.7. The molecule has 1 aromatic heterocycles. The number of nitrogens with one attached hydrogen (secondary N) is 1. The fraction of sp³-hybridized carbons (Fsp3) is 0.667. The van der Waals surface area contributed by atoms with Gasteiger partial charge in [-0.1, -0.05) is 0 Å². The highest BCUT2D eigenvalue weighted by atomic mass is 35.5. The van der Waals surface area contributed by atoms with E-state index in [9.17, 15) is 9.59 Å². The number of hydrogen-bond donors (Lipinski definition) is 2. The van der Waals surface area contributed by atoms with E-state index in [1.807, 2.05) is 0 Å². The summed E-state index contributed by atoms with van der Waals surface area (Å²) in [5.41, 5.74) is 5.62. The molecular formula is C12H22ClN5O2. The van der Waals surface area contributed by atoms with Crippen molar-refractivity contribution in [3.05, 3.63) is 26.4 Å². The van der Waals surface area contributed by atoms with Crippen LogP contribution in [0.1, 0.15) is 18.4 Å². The standard InChI is InChI=1S/C12H21N5O2.ClH/c1-15-10-9(11(18)16(2)12(15)19)7-17(8-14-10)6-4-3-5-13;/h14H,3-8,13H2,1-2H3;1H. The van der Waals surface area contributed by atoms with E-state index in [-0.39, 0.29) is 23.7 Å². The number of rotatable bonds is 4. The molecule has 0 fully saturated rings. The van der Waals surface area contributed by atoms with Crippen LogP contribution >= 0.6 is 12.4 Å². The summed E-state index contributed by atoms with van der Waals surface area (Å²) in [4.78, 5) is 26.1. The van der Waals surface area contributed by atoms with Crippen molar-refractivity contribution in [2.24, 2.45) is 19.8 Å². The van der Waals surface area contributed by atoms with Crippen molar-refractivity contribution in [1.82, 2.24) is 14.0 Å². The van der Waals surface area contributed by atoms with Crippen LogP contribution in [0.2, 0.25) is 0 Å². The van der Waals surface area contributed by atoms with E-state index < -0.39 is 0 Å². The zero-order valence-corrected chi connectivity index (χ0v) is 12.7. The Kier molecular flexibility index (Phi) is 5.79. The molecule has 7 nitrogen and oxygen atoms in total. The fourth-order valence-corrected chi connectivity index (χ4v) is 2.39. The van der Waals surface area contributed by atoms with E-state index in [0.29, 0.717) is 31.1 Å². The summed E-state index contributed by atoms with van der Waals surface area (Å²) >= 11 is 0. The lowest BCUT2D eigenvalue weighted by Crippen LogP contribution is -2.46. The Morgan fingerprint density at radius 3 is 2.55 bits per heavy atom. The van der Waals surface area contributed by atoms with Gasteiger partial charge in [-0.25, -0.2) is 4.79 Å². The summed E-state index contributed by atoms with van der Waals surface area (Å²) in [6.07, 6.45) is 1.99. The fourth-order valence-electron chi connectivity index (χ4n) is 2.39. The Labute approximate surface area is 123 Å². The molecule has 0 bridgehead atoms. The second-order valence-corrected chi connectivity index (χ2v) is 4.92. The predicted molar refractivity (Wildman–Crippen MR) is 81.4 cm³/mol. The first-order valence-electron chi connectivity index (χ1n) is 6.51. The minimum absolute atomic E-state index is 0. The minimum atomic E-state index is -0.298. The van der Waals surface area contributed by atoms with Crippen LogP contribution in [0.5, 0.6) is 0 Å². The van der Waals surface area contributed by atoms with Crippen molar-refractivity contribution in [3.63, 3.8) is 0 Å². The second-order valence-electron chi connectivity index (χ2n) is 4.92. The summed E-state index contributed by atoms with van der Waals surface area (Å²) in [6.45, 7) is 2.81. The summed E-state index contributed by atoms with van der Waals surface area (Å²) in [7, 11) is 3.19. The molecule has 114 valence electrons. The van der Waals surface area contributed by atoms with Gasteiger partial charge in [0.2, 0.25) is 0 Å². The number of nitrogens with two attached hydrogens (primary N) is 1. The SMILES string of the molecule is Cl.Cn1c2c(c(=O)n(C)c1=O)CN(CCCCN)CN2. The van der Waals surface area contributed by atoms with Crippen LogP contribution in [0.15, 0.2) is 9.59 Å². The van der Waals surface area contributed by atoms with E-state index in [1.54, 1.807) is 7.05 Å². The number of nitrogens with zero attached hydrogens (tertiary/aromatic N) is 3. The van der Waals surface area contributed by atoms with Crippen LogP contribution in [0.25, 0.3) is 0 Å². The third-order valence-electron chi connectivity index (χ3n) is 3.54. The molecule has 20 heavy (non-hydrogen) atoms. The van der Waals surface area contributed by atoms with Gasteiger partial charge in [0.1, 0.15) is 5.82 Å². The molecule has 1 aliphatic rings. The molecule has 0 atom stereocenters. The molecule has 8 heteroatoms. The second kappa shape index (κ2) is 6.92. The van der Waals surface area contributed by atoms with Gasteiger partial charge in [0.15, 0.2) is 0 Å². The van der Waals surface area contributed by atoms with Crippen LogP contribution in [-0.4, -0.2) is 33.8 Å². The summed E-state index contributed by atoms with van der Waals surface area (Å²) < 4.78 is 2.65. The van der Waals surface area contributed by atoms with Gasteiger partial charge in [0.25, 0.3) is 5.56 Å². The number of fused-ring (bicyclic) bond motifs is 1. The van der Waals surface area contributed by atoms with E-state index in [2.05, 4.69) is 10.2 Å². The third-order valence-corrected chi connectivity index (χ3v) is 3.54. The third kappa shape index (κ3) is 3.05. The molecular weight excluding hydrogens is 282 g/mol. The first-order chi connectivity index (χ1) is 9.06. The van der Waals surface area contributed by atoms with Crippen LogP contribution < -0.4 is 22.3 Å². The van der Waals surface area contributed by atoms with Crippen molar-refractivity contribution >= 4 is 18.2 Å². The molecule has 3 N–H and O–H groups in total. The summed E-state index contributed by atoms with van der Waals surface area (Å²) in [6, 6.07) is 0. The van der Waals surface area contributed by atoms with Gasteiger partial charge in [-0.2, -0.15) is 0 Å². The van der Waals surface area contributed by atoms with Crippen molar-refractivity contribution in [2.75, 3.05) is 25.1 Å². The highest BCUT2D eigenvalue weighted by molar-refractivity contribution is 5.85. The number of halogens is 1. The first-order valence-corrected chi connectivity index (χ1v) is 6.51. The predicted octanol–water partition coefficient (Wildman–Crippen LogP) is -0.570. The molecule has 0 radical (unpaired) electrons. The smallest absolute Gasteiger partial charge is 0.332 e. The Bertz CT molecular complexity index is 580. The van der Waals surface area contributed by atoms with Gasteiger partial charge in [-0.3, -0.25) is 18.8 Å². The molecule has 1 aromatic rings. The number of aromatic nitrogens is 2. The largest absolute Gasteiger partial charge is 0.358 e. The quantitative estimate of drug-likeness (QED) is 0.728. The summed E-state index contributed by atoms with van der Waals surface area (Å²) in [5, 5.41) is 3.16. The summed E-state index contributed by atoms with van der Waals surface area (Å²) in [5.74, 6) is 0.642. The molecule has 0 aliphatic carbocycles. The van der Waals surface area contributed by atoms with E-state index in [1.165, 1.54) is 11.6 Å². The van der Waals surface area contributed by atoms with Gasteiger partial charge in [0, 0.05) is 27.2 Å².